The number of nitrogens with one attached hydrogen (secondary N) is 1. The molecule has 0 aromatic carbocycles. The quantitative estimate of drug-likeness (QED) is 0.636. The van der Waals surface area contributed by atoms with Crippen molar-refractivity contribution in [2.75, 3.05) is 19.6 Å². The van der Waals surface area contributed by atoms with Gasteiger partial charge < -0.3 is 11.1 Å². The largest absolute Gasteiger partial charge is 0.330 e. The maximum Gasteiger partial charge on any atom is 0.000517 e. The monoisotopic (exact) mass is 212 g/mol. The molecule has 1 rings (SSSR count). The molecular formula is C13H28N2. The maximum atomic E-state index is 5.59. The number of nitrogens with two attached hydrogens (primary N) is 1. The lowest BCUT2D eigenvalue weighted by Gasteiger charge is -2.40. The van der Waals surface area contributed by atoms with E-state index >= 15 is 0 Å². The van der Waals surface area contributed by atoms with Gasteiger partial charge in [0.25, 0.3) is 0 Å². The topological polar surface area (TPSA) is 38.0 Å². The molecule has 1 aliphatic rings. The predicted octanol–water partition coefficient (Wildman–Crippen LogP) is 2.39. The zero-order chi connectivity index (χ0) is 11.3. The lowest BCUT2D eigenvalue weighted by molar-refractivity contribution is 0.119. The zero-order valence-electron chi connectivity index (χ0n) is 10.7. The molecule has 0 aromatic heterocycles. The lowest BCUT2D eigenvalue weighted by Crippen LogP contribution is -2.39. The van der Waals surface area contributed by atoms with Gasteiger partial charge in [0, 0.05) is 6.54 Å². The molecule has 1 aliphatic carbocycles. The second kappa shape index (κ2) is 5.86. The van der Waals surface area contributed by atoms with Gasteiger partial charge in [0.15, 0.2) is 0 Å². The molecule has 0 radical (unpaired) electrons. The standard InChI is InChI=1S/C13H28N2/c1-11(9-14)7-8-15-10-13(2,3)12-5-4-6-12/h11-12,15H,4-10,14H2,1-3H3. The van der Waals surface area contributed by atoms with Crippen LogP contribution in [0.1, 0.15) is 46.5 Å². The van der Waals surface area contributed by atoms with Crippen molar-refractivity contribution in [2.45, 2.75) is 46.5 Å². The van der Waals surface area contributed by atoms with Crippen LogP contribution in [-0.4, -0.2) is 19.6 Å². The van der Waals surface area contributed by atoms with Crippen LogP contribution in [0.2, 0.25) is 0 Å². The zero-order valence-corrected chi connectivity index (χ0v) is 10.7. The normalized spacial score (nSPS) is 20.0. The van der Waals surface area contributed by atoms with Crippen LogP contribution in [0.25, 0.3) is 0 Å². The third-order valence-corrected chi connectivity index (χ3v) is 4.01. The average molecular weight is 212 g/mol. The molecule has 3 N–H and O–H groups in total. The number of hydrogen-bond donors (Lipinski definition) is 2. The molecule has 0 aromatic rings. The van der Waals surface area contributed by atoms with Crippen molar-refractivity contribution in [2.24, 2.45) is 23.0 Å². The number of rotatable bonds is 7. The Bertz CT molecular complexity index is 173. The van der Waals surface area contributed by atoms with E-state index in [1.807, 2.05) is 0 Å². The Kier molecular flexibility index (Phi) is 5.07. The van der Waals surface area contributed by atoms with Crippen molar-refractivity contribution < 1.29 is 0 Å². The molecule has 0 bridgehead atoms. The smallest absolute Gasteiger partial charge is 0.000517 e. The van der Waals surface area contributed by atoms with Gasteiger partial charge in [-0.15, -0.1) is 0 Å². The van der Waals surface area contributed by atoms with Crippen LogP contribution in [-0.2, 0) is 0 Å². The van der Waals surface area contributed by atoms with E-state index in [4.69, 9.17) is 5.73 Å². The summed E-state index contributed by atoms with van der Waals surface area (Å²) in [5, 5.41) is 3.58. The van der Waals surface area contributed by atoms with Crippen LogP contribution < -0.4 is 11.1 Å². The van der Waals surface area contributed by atoms with Crippen LogP contribution in [0.5, 0.6) is 0 Å². The van der Waals surface area contributed by atoms with Crippen molar-refractivity contribution in [3.05, 3.63) is 0 Å². The third kappa shape index (κ3) is 4.12. The highest BCUT2D eigenvalue weighted by atomic mass is 14.9. The minimum atomic E-state index is 0.490. The lowest BCUT2D eigenvalue weighted by atomic mass is 9.67. The van der Waals surface area contributed by atoms with E-state index in [1.165, 1.54) is 25.7 Å². The molecule has 15 heavy (non-hydrogen) atoms. The molecule has 1 fully saturated rings. The summed E-state index contributed by atoms with van der Waals surface area (Å²) in [7, 11) is 0. The van der Waals surface area contributed by atoms with E-state index in [-0.39, 0.29) is 0 Å². The molecule has 0 spiro atoms. The molecule has 0 amide bonds. The maximum absolute atomic E-state index is 5.59. The molecular weight excluding hydrogens is 184 g/mol. The first-order valence-electron chi connectivity index (χ1n) is 6.47. The Hall–Kier alpha value is -0.0800. The summed E-state index contributed by atoms with van der Waals surface area (Å²) in [5.41, 5.74) is 6.08. The van der Waals surface area contributed by atoms with E-state index in [2.05, 4.69) is 26.1 Å². The van der Waals surface area contributed by atoms with Gasteiger partial charge in [-0.2, -0.15) is 0 Å². The molecule has 1 unspecified atom stereocenters. The molecule has 0 heterocycles. The summed E-state index contributed by atoms with van der Waals surface area (Å²) in [6.07, 6.45) is 5.53. The van der Waals surface area contributed by atoms with Gasteiger partial charge in [0.1, 0.15) is 0 Å². The fraction of sp³-hybridized carbons (Fsp3) is 1.00. The summed E-state index contributed by atoms with van der Waals surface area (Å²) in [5.74, 6) is 1.61. The van der Waals surface area contributed by atoms with Crippen molar-refractivity contribution in [3.63, 3.8) is 0 Å². The van der Waals surface area contributed by atoms with Gasteiger partial charge in [-0.25, -0.2) is 0 Å². The highest BCUT2D eigenvalue weighted by molar-refractivity contribution is 4.85. The fourth-order valence-corrected chi connectivity index (χ4v) is 2.21. The molecule has 0 aliphatic heterocycles. The highest BCUT2D eigenvalue weighted by Gasteiger charge is 2.33. The van der Waals surface area contributed by atoms with Crippen molar-refractivity contribution >= 4 is 0 Å². The molecule has 1 atom stereocenters. The van der Waals surface area contributed by atoms with E-state index in [9.17, 15) is 0 Å². The summed E-state index contributed by atoms with van der Waals surface area (Å²) >= 11 is 0. The van der Waals surface area contributed by atoms with Gasteiger partial charge in [-0.05, 0) is 49.6 Å². The Morgan fingerprint density at radius 2 is 2.07 bits per heavy atom. The average Bonchev–Trinajstić information content (AvgIpc) is 2.08. The molecule has 0 saturated heterocycles. The van der Waals surface area contributed by atoms with Gasteiger partial charge >= 0.3 is 0 Å². The van der Waals surface area contributed by atoms with Crippen LogP contribution in [0, 0.1) is 17.3 Å². The van der Waals surface area contributed by atoms with Gasteiger partial charge in [0.05, 0.1) is 0 Å². The third-order valence-electron chi connectivity index (χ3n) is 4.01. The van der Waals surface area contributed by atoms with Crippen LogP contribution >= 0.6 is 0 Å². The minimum absolute atomic E-state index is 0.490. The summed E-state index contributed by atoms with van der Waals surface area (Å²) < 4.78 is 0. The second-order valence-corrected chi connectivity index (χ2v) is 5.92. The van der Waals surface area contributed by atoms with Crippen LogP contribution in [0.3, 0.4) is 0 Å². The minimum Gasteiger partial charge on any atom is -0.330 e. The van der Waals surface area contributed by atoms with E-state index < -0.39 is 0 Å². The van der Waals surface area contributed by atoms with Gasteiger partial charge in [-0.3, -0.25) is 0 Å². The first kappa shape index (κ1) is 13.0. The molecule has 1 saturated carbocycles. The van der Waals surface area contributed by atoms with E-state index in [1.54, 1.807) is 0 Å². The summed E-state index contributed by atoms with van der Waals surface area (Å²) in [6.45, 7) is 10.1. The van der Waals surface area contributed by atoms with Crippen molar-refractivity contribution in [1.29, 1.82) is 0 Å². The van der Waals surface area contributed by atoms with Gasteiger partial charge in [-0.1, -0.05) is 27.2 Å². The Morgan fingerprint density at radius 1 is 1.40 bits per heavy atom. The van der Waals surface area contributed by atoms with Gasteiger partial charge in [0.2, 0.25) is 0 Å². The Balaban J connectivity index is 2.07. The number of hydrogen-bond acceptors (Lipinski definition) is 2. The summed E-state index contributed by atoms with van der Waals surface area (Å²) in [4.78, 5) is 0. The fourth-order valence-electron chi connectivity index (χ4n) is 2.21. The van der Waals surface area contributed by atoms with E-state index in [0.29, 0.717) is 11.3 Å². The SMILES string of the molecule is CC(CN)CCNCC(C)(C)C1CCC1. The Morgan fingerprint density at radius 3 is 2.53 bits per heavy atom. The van der Waals surface area contributed by atoms with Crippen molar-refractivity contribution in [1.82, 2.24) is 5.32 Å². The van der Waals surface area contributed by atoms with Crippen LogP contribution in [0.15, 0.2) is 0 Å². The molecule has 2 heteroatoms. The highest BCUT2D eigenvalue weighted by Crippen LogP contribution is 2.41. The predicted molar refractivity (Wildman–Crippen MR) is 66.8 cm³/mol. The Labute approximate surface area is 95.0 Å². The summed E-state index contributed by atoms with van der Waals surface area (Å²) in [6, 6.07) is 0. The van der Waals surface area contributed by atoms with Crippen LogP contribution in [0.4, 0.5) is 0 Å². The second-order valence-electron chi connectivity index (χ2n) is 5.92. The molecule has 2 nitrogen and oxygen atoms in total. The van der Waals surface area contributed by atoms with E-state index in [0.717, 1.165) is 25.6 Å². The molecule has 90 valence electrons. The first-order chi connectivity index (χ1) is 7.06. The van der Waals surface area contributed by atoms with Crippen molar-refractivity contribution in [3.8, 4) is 0 Å². The first-order valence-corrected chi connectivity index (χ1v) is 6.47.